The van der Waals surface area contributed by atoms with Crippen molar-refractivity contribution in [1.29, 1.82) is 0 Å². The molecule has 0 bridgehead atoms. The van der Waals surface area contributed by atoms with Crippen LogP contribution >= 0.6 is 48.2 Å². The van der Waals surface area contributed by atoms with Crippen LogP contribution in [0.3, 0.4) is 0 Å². The van der Waals surface area contributed by atoms with Crippen molar-refractivity contribution in [2.45, 2.75) is 30.8 Å². The van der Waals surface area contributed by atoms with Crippen LogP contribution in [0.5, 0.6) is 0 Å². The lowest BCUT2D eigenvalue weighted by molar-refractivity contribution is 0.0638. The first kappa shape index (κ1) is 23.9. The molecule has 0 atom stereocenters. The zero-order valence-corrected chi connectivity index (χ0v) is 19.1. The standard InChI is InChI=1S/C19H27ClN4OS.2ClH/c20-15-12-16-17(13-18(15)24-7-5-21-6-8-24)23-19(22-16)26-11-1-2-14-3-9-25-10-4-14;;/h12-14,21H,1-11H2,(H,22,23);2*1H. The highest BCUT2D eigenvalue weighted by Crippen LogP contribution is 2.32. The SMILES string of the molecule is Cl.Cl.Clc1cc2nc(SCCCC3CCOCC3)[nH]c2cc1N1CCNCC1. The van der Waals surface area contributed by atoms with Crippen LogP contribution < -0.4 is 10.2 Å². The summed E-state index contributed by atoms with van der Waals surface area (Å²) in [6.45, 7) is 5.88. The molecule has 0 aliphatic carbocycles. The molecular weight excluding hydrogens is 439 g/mol. The predicted octanol–water partition coefficient (Wildman–Crippen LogP) is 4.77. The maximum Gasteiger partial charge on any atom is 0.166 e. The summed E-state index contributed by atoms with van der Waals surface area (Å²) < 4.78 is 5.43. The Morgan fingerprint density at radius 2 is 1.93 bits per heavy atom. The second kappa shape index (κ2) is 11.7. The van der Waals surface area contributed by atoms with E-state index in [1.807, 2.05) is 17.8 Å². The highest BCUT2D eigenvalue weighted by molar-refractivity contribution is 7.99. The third kappa shape index (κ3) is 6.07. The average molecular weight is 468 g/mol. The van der Waals surface area contributed by atoms with E-state index in [4.69, 9.17) is 21.3 Å². The molecule has 1 aromatic carbocycles. The number of hydrogen-bond acceptors (Lipinski definition) is 5. The lowest BCUT2D eigenvalue weighted by Gasteiger charge is -2.30. The number of aromatic amines is 1. The molecule has 1 aromatic heterocycles. The minimum Gasteiger partial charge on any atom is -0.381 e. The maximum absolute atomic E-state index is 6.53. The molecule has 0 saturated carbocycles. The van der Waals surface area contributed by atoms with Gasteiger partial charge in [-0.25, -0.2) is 4.98 Å². The smallest absolute Gasteiger partial charge is 0.166 e. The number of nitrogens with zero attached hydrogens (tertiary/aromatic N) is 2. The van der Waals surface area contributed by atoms with Crippen LogP contribution in [0, 0.1) is 5.92 Å². The molecule has 2 aliphatic heterocycles. The van der Waals surface area contributed by atoms with E-state index < -0.39 is 0 Å². The highest BCUT2D eigenvalue weighted by Gasteiger charge is 2.16. The van der Waals surface area contributed by atoms with Gasteiger partial charge in [-0.3, -0.25) is 0 Å². The maximum atomic E-state index is 6.53. The zero-order chi connectivity index (χ0) is 17.8. The third-order valence-electron chi connectivity index (χ3n) is 5.32. The van der Waals surface area contributed by atoms with Gasteiger partial charge < -0.3 is 19.9 Å². The molecule has 3 heterocycles. The summed E-state index contributed by atoms with van der Waals surface area (Å²) in [4.78, 5) is 10.5. The van der Waals surface area contributed by atoms with Gasteiger partial charge in [0.1, 0.15) is 0 Å². The molecule has 0 unspecified atom stereocenters. The minimum atomic E-state index is 0. The number of rotatable bonds is 6. The fourth-order valence-electron chi connectivity index (χ4n) is 3.79. The summed E-state index contributed by atoms with van der Waals surface area (Å²) in [5, 5.41) is 5.18. The molecule has 2 aliphatic rings. The number of anilines is 1. The van der Waals surface area contributed by atoms with Crippen LogP contribution in [-0.4, -0.2) is 55.1 Å². The number of imidazole rings is 1. The van der Waals surface area contributed by atoms with Crippen LogP contribution in [-0.2, 0) is 4.74 Å². The molecule has 0 amide bonds. The second-order valence-corrected chi connectivity index (χ2v) is 8.64. The van der Waals surface area contributed by atoms with Gasteiger partial charge in [-0.1, -0.05) is 23.4 Å². The Hall–Kier alpha value is -0.370. The lowest BCUT2D eigenvalue weighted by atomic mass is 9.95. The van der Waals surface area contributed by atoms with E-state index in [2.05, 4.69) is 21.3 Å². The summed E-state index contributed by atoms with van der Waals surface area (Å²) in [6, 6.07) is 4.15. The summed E-state index contributed by atoms with van der Waals surface area (Å²) >= 11 is 8.34. The number of benzene rings is 1. The normalized spacial score (nSPS) is 18.0. The van der Waals surface area contributed by atoms with Gasteiger partial charge in [-0.05, 0) is 43.7 Å². The number of fused-ring (bicyclic) bond motifs is 1. The van der Waals surface area contributed by atoms with Gasteiger partial charge in [0, 0.05) is 45.1 Å². The molecular formula is C19H29Cl3N4OS. The fourth-order valence-corrected chi connectivity index (χ4v) is 4.92. The van der Waals surface area contributed by atoms with Gasteiger partial charge in [0.2, 0.25) is 0 Å². The monoisotopic (exact) mass is 466 g/mol. The van der Waals surface area contributed by atoms with E-state index in [-0.39, 0.29) is 24.8 Å². The number of H-pyrrole nitrogens is 1. The van der Waals surface area contributed by atoms with Gasteiger partial charge in [0.15, 0.2) is 5.16 Å². The number of piperazine rings is 1. The lowest BCUT2D eigenvalue weighted by Crippen LogP contribution is -2.43. The third-order valence-corrected chi connectivity index (χ3v) is 6.59. The number of aromatic nitrogens is 2. The molecule has 158 valence electrons. The van der Waals surface area contributed by atoms with Crippen LogP contribution in [0.2, 0.25) is 5.02 Å². The minimum absolute atomic E-state index is 0. The molecule has 28 heavy (non-hydrogen) atoms. The van der Waals surface area contributed by atoms with E-state index in [9.17, 15) is 0 Å². The van der Waals surface area contributed by atoms with Crippen molar-refractivity contribution >= 4 is 64.9 Å². The van der Waals surface area contributed by atoms with Gasteiger partial charge in [0.05, 0.1) is 21.7 Å². The van der Waals surface area contributed by atoms with Crippen molar-refractivity contribution < 1.29 is 4.74 Å². The van der Waals surface area contributed by atoms with Crippen molar-refractivity contribution in [3.8, 4) is 0 Å². The first-order valence-corrected chi connectivity index (χ1v) is 11.0. The van der Waals surface area contributed by atoms with E-state index in [1.165, 1.54) is 25.7 Å². The number of thioether (sulfide) groups is 1. The van der Waals surface area contributed by atoms with Crippen molar-refractivity contribution in [2.24, 2.45) is 5.92 Å². The first-order chi connectivity index (χ1) is 12.8. The summed E-state index contributed by atoms with van der Waals surface area (Å²) in [7, 11) is 0. The Balaban J connectivity index is 0.00000140. The van der Waals surface area contributed by atoms with E-state index in [1.54, 1.807) is 0 Å². The van der Waals surface area contributed by atoms with Crippen LogP contribution in [0.1, 0.15) is 25.7 Å². The molecule has 2 saturated heterocycles. The van der Waals surface area contributed by atoms with Crippen LogP contribution in [0.25, 0.3) is 11.0 Å². The predicted molar refractivity (Wildman–Crippen MR) is 124 cm³/mol. The molecule has 2 N–H and O–H groups in total. The molecule has 0 radical (unpaired) electrons. The Bertz CT molecular complexity index is 733. The average Bonchev–Trinajstić information content (AvgIpc) is 3.07. The van der Waals surface area contributed by atoms with Crippen molar-refractivity contribution in [3.05, 3.63) is 17.2 Å². The second-order valence-electron chi connectivity index (χ2n) is 7.15. The van der Waals surface area contributed by atoms with E-state index in [0.717, 1.165) is 78.0 Å². The quantitative estimate of drug-likeness (QED) is 0.473. The van der Waals surface area contributed by atoms with Crippen molar-refractivity contribution in [2.75, 3.05) is 50.0 Å². The van der Waals surface area contributed by atoms with E-state index >= 15 is 0 Å². The molecule has 2 aromatic rings. The number of halogens is 3. The first-order valence-electron chi connectivity index (χ1n) is 9.65. The number of ether oxygens (including phenoxy) is 1. The Morgan fingerprint density at radius 1 is 1.18 bits per heavy atom. The van der Waals surface area contributed by atoms with Crippen molar-refractivity contribution in [1.82, 2.24) is 15.3 Å². The van der Waals surface area contributed by atoms with Crippen LogP contribution in [0.15, 0.2) is 17.3 Å². The molecule has 2 fully saturated rings. The summed E-state index contributed by atoms with van der Waals surface area (Å²) in [6.07, 6.45) is 4.99. The molecule has 9 heteroatoms. The fraction of sp³-hybridized carbons (Fsp3) is 0.632. The molecule has 5 nitrogen and oxygen atoms in total. The zero-order valence-electron chi connectivity index (χ0n) is 15.9. The topological polar surface area (TPSA) is 53.2 Å². The van der Waals surface area contributed by atoms with Gasteiger partial charge in [-0.15, -0.1) is 24.8 Å². The van der Waals surface area contributed by atoms with Gasteiger partial charge >= 0.3 is 0 Å². The Kier molecular flexibility index (Phi) is 10.0. The number of nitrogens with one attached hydrogen (secondary N) is 2. The van der Waals surface area contributed by atoms with Gasteiger partial charge in [0.25, 0.3) is 0 Å². The van der Waals surface area contributed by atoms with E-state index in [0.29, 0.717) is 0 Å². The van der Waals surface area contributed by atoms with Crippen molar-refractivity contribution in [3.63, 3.8) is 0 Å². The molecule has 0 spiro atoms. The summed E-state index contributed by atoms with van der Waals surface area (Å²) in [5.74, 6) is 1.95. The Morgan fingerprint density at radius 3 is 2.68 bits per heavy atom. The highest BCUT2D eigenvalue weighted by atomic mass is 35.5. The van der Waals surface area contributed by atoms with Gasteiger partial charge in [-0.2, -0.15) is 0 Å². The number of hydrogen-bond donors (Lipinski definition) is 2. The summed E-state index contributed by atoms with van der Waals surface area (Å²) in [5.41, 5.74) is 3.15. The molecule has 4 rings (SSSR count). The van der Waals surface area contributed by atoms with Crippen LogP contribution in [0.4, 0.5) is 5.69 Å². The largest absolute Gasteiger partial charge is 0.381 e. The Labute approximate surface area is 188 Å².